The zero-order valence-electron chi connectivity index (χ0n) is 8.61. The normalized spacial score (nSPS) is 4.71. The summed E-state index contributed by atoms with van der Waals surface area (Å²) in [5.41, 5.74) is 0. The van der Waals surface area contributed by atoms with Gasteiger partial charge in [-0.25, -0.2) is 0 Å². The minimum atomic E-state index is -0.833. The van der Waals surface area contributed by atoms with E-state index in [1.54, 1.807) is 12.1 Å². The van der Waals surface area contributed by atoms with Gasteiger partial charge in [0, 0.05) is 27.7 Å². The van der Waals surface area contributed by atoms with Gasteiger partial charge in [-0.05, 0) is 0 Å². The molecule has 0 amide bonds. The van der Waals surface area contributed by atoms with Crippen molar-refractivity contribution in [2.24, 2.45) is 0 Å². The molecule has 2 N–H and O–H groups in total. The number of carbonyl (C=O) groups is 2. The molecule has 0 unspecified atom stereocenters. The van der Waals surface area contributed by atoms with Gasteiger partial charge in [-0.15, -0.1) is 0 Å². The summed E-state index contributed by atoms with van der Waals surface area (Å²) >= 11 is 0. The highest BCUT2D eigenvalue weighted by Gasteiger charge is 1.65. The van der Waals surface area contributed by atoms with Crippen molar-refractivity contribution in [2.45, 2.75) is 27.7 Å². The van der Waals surface area contributed by atoms with E-state index in [9.17, 15) is 0 Å². The summed E-state index contributed by atoms with van der Waals surface area (Å²) in [5, 5.41) is 29.5. The molecule has 0 heterocycles. The second kappa shape index (κ2) is 30.7. The molecule has 0 aliphatic rings. The van der Waals surface area contributed by atoms with Crippen LogP contribution in [0.3, 0.4) is 0 Å². The van der Waals surface area contributed by atoms with Crippen LogP contribution in [0.5, 0.6) is 0 Å². The van der Waals surface area contributed by atoms with E-state index in [1.165, 1.54) is 13.8 Å². The Morgan fingerprint density at radius 1 is 0.929 bits per heavy atom. The van der Waals surface area contributed by atoms with Crippen LogP contribution < -0.4 is 0 Å². The Balaban J connectivity index is -0.0000000482. The van der Waals surface area contributed by atoms with Crippen LogP contribution in [0.15, 0.2) is 0 Å². The predicted molar refractivity (Wildman–Crippen MR) is 49.2 cm³/mol. The molecule has 6 nitrogen and oxygen atoms in total. The minimum Gasteiger partial charge on any atom is -0.481 e. The van der Waals surface area contributed by atoms with E-state index < -0.39 is 11.9 Å². The molecule has 0 saturated carbocycles. The highest BCUT2D eigenvalue weighted by atomic mass is 16.4. The molecule has 0 aromatic carbocycles. The fourth-order valence-corrected chi connectivity index (χ4v) is 0. The Morgan fingerprint density at radius 2 is 0.929 bits per heavy atom. The molecule has 0 bridgehead atoms. The number of hydrogen-bond acceptors (Lipinski definition) is 4. The molecule has 0 saturated heterocycles. The van der Waals surface area contributed by atoms with Gasteiger partial charge in [0.05, 0.1) is 12.1 Å². The van der Waals surface area contributed by atoms with Gasteiger partial charge in [0.25, 0.3) is 11.9 Å². The summed E-state index contributed by atoms with van der Waals surface area (Å²) in [6, 6.07) is 3.50. The van der Waals surface area contributed by atoms with Crippen LogP contribution in [0.2, 0.25) is 0 Å². The molecule has 80 valence electrons. The third kappa shape index (κ3) is 182. The SMILES string of the molecule is CC#N.CC#N.CC(=O)O.CC(=O)O. The maximum absolute atomic E-state index is 9.00. The summed E-state index contributed by atoms with van der Waals surface area (Å²) in [4.78, 5) is 18.0. The van der Waals surface area contributed by atoms with Crippen molar-refractivity contribution in [1.29, 1.82) is 10.5 Å². The lowest BCUT2D eigenvalue weighted by Gasteiger charge is -1.59. The summed E-state index contributed by atoms with van der Waals surface area (Å²) in [7, 11) is 0. The van der Waals surface area contributed by atoms with Crippen molar-refractivity contribution in [3.63, 3.8) is 0 Å². The Hall–Kier alpha value is -2.08. The zero-order valence-corrected chi connectivity index (χ0v) is 8.61. The van der Waals surface area contributed by atoms with Crippen LogP contribution in [0.25, 0.3) is 0 Å². The smallest absolute Gasteiger partial charge is 0.300 e. The first-order chi connectivity index (χ1) is 6.29. The molecule has 0 rings (SSSR count). The van der Waals surface area contributed by atoms with Gasteiger partial charge < -0.3 is 10.2 Å². The Kier molecular flexibility index (Phi) is 49.6. The number of carboxylic acid groups (broad SMARTS) is 2. The first-order valence-corrected chi connectivity index (χ1v) is 3.30. The number of carboxylic acids is 2. The van der Waals surface area contributed by atoms with Crippen molar-refractivity contribution >= 4 is 11.9 Å². The van der Waals surface area contributed by atoms with Crippen LogP contribution in [0.1, 0.15) is 27.7 Å². The predicted octanol–water partition coefficient (Wildman–Crippen LogP) is 1.24. The quantitative estimate of drug-likeness (QED) is 0.609. The lowest BCUT2D eigenvalue weighted by molar-refractivity contribution is -0.135. The van der Waals surface area contributed by atoms with Crippen molar-refractivity contribution in [2.75, 3.05) is 0 Å². The van der Waals surface area contributed by atoms with Crippen molar-refractivity contribution < 1.29 is 19.8 Å². The van der Waals surface area contributed by atoms with Crippen LogP contribution in [-0.2, 0) is 9.59 Å². The second-order valence-electron chi connectivity index (χ2n) is 1.49. The fraction of sp³-hybridized carbons (Fsp3) is 0.500. The molecule has 0 radical (unpaired) electrons. The van der Waals surface area contributed by atoms with Crippen LogP contribution in [-0.4, -0.2) is 22.2 Å². The topological polar surface area (TPSA) is 122 Å². The van der Waals surface area contributed by atoms with Gasteiger partial charge in [0.1, 0.15) is 0 Å². The number of rotatable bonds is 0. The number of nitrogens with zero attached hydrogens (tertiary/aromatic N) is 2. The third-order valence-electron chi connectivity index (χ3n) is 0. The van der Waals surface area contributed by atoms with Gasteiger partial charge in [0.2, 0.25) is 0 Å². The van der Waals surface area contributed by atoms with Gasteiger partial charge in [-0.1, -0.05) is 0 Å². The first-order valence-electron chi connectivity index (χ1n) is 3.30. The molecule has 0 aliphatic heterocycles. The van der Waals surface area contributed by atoms with Gasteiger partial charge >= 0.3 is 0 Å². The van der Waals surface area contributed by atoms with Gasteiger partial charge in [-0.3, -0.25) is 9.59 Å². The van der Waals surface area contributed by atoms with E-state index in [-0.39, 0.29) is 0 Å². The zero-order chi connectivity index (χ0) is 12.6. The average molecular weight is 202 g/mol. The molecule has 0 aliphatic carbocycles. The molecule has 0 aromatic heterocycles. The van der Waals surface area contributed by atoms with E-state index in [1.807, 2.05) is 0 Å². The average Bonchev–Trinajstić information content (AvgIpc) is 1.85. The fourth-order valence-electron chi connectivity index (χ4n) is 0. The van der Waals surface area contributed by atoms with E-state index in [0.717, 1.165) is 13.8 Å². The van der Waals surface area contributed by atoms with Gasteiger partial charge in [-0.2, -0.15) is 10.5 Å². The van der Waals surface area contributed by atoms with E-state index in [4.69, 9.17) is 30.3 Å². The number of hydrogen-bond donors (Lipinski definition) is 2. The molecule has 0 fully saturated rings. The maximum atomic E-state index is 9.00. The highest BCUT2D eigenvalue weighted by molar-refractivity contribution is 5.63. The highest BCUT2D eigenvalue weighted by Crippen LogP contribution is 1.42. The van der Waals surface area contributed by atoms with Crippen molar-refractivity contribution in [3.05, 3.63) is 0 Å². The van der Waals surface area contributed by atoms with E-state index >= 15 is 0 Å². The standard InChI is InChI=1S/2C2H3N.2C2H4O2/c2*1-2-3;2*1-2(3)4/h2*1H3;2*1H3,(H,3,4). The lowest BCUT2D eigenvalue weighted by atomic mass is 10.9. The molecule has 0 spiro atoms. The largest absolute Gasteiger partial charge is 0.481 e. The van der Waals surface area contributed by atoms with Crippen LogP contribution in [0.4, 0.5) is 0 Å². The summed E-state index contributed by atoms with van der Waals surface area (Å²) in [6.07, 6.45) is 0. The first kappa shape index (κ1) is 22.7. The van der Waals surface area contributed by atoms with Crippen molar-refractivity contribution in [1.82, 2.24) is 0 Å². The van der Waals surface area contributed by atoms with Gasteiger partial charge in [0.15, 0.2) is 0 Å². The Bertz CT molecular complexity index is 180. The molecule has 0 atom stereocenters. The minimum absolute atomic E-state index is 0.833. The Labute approximate surface area is 83.0 Å². The van der Waals surface area contributed by atoms with E-state index in [2.05, 4.69) is 0 Å². The van der Waals surface area contributed by atoms with E-state index in [0.29, 0.717) is 0 Å². The summed E-state index contributed by atoms with van der Waals surface area (Å²) in [6.45, 7) is 5.03. The van der Waals surface area contributed by atoms with Crippen LogP contribution >= 0.6 is 0 Å². The molecule has 14 heavy (non-hydrogen) atoms. The van der Waals surface area contributed by atoms with Crippen molar-refractivity contribution in [3.8, 4) is 12.1 Å². The lowest BCUT2D eigenvalue weighted by Crippen LogP contribution is -1.78. The van der Waals surface area contributed by atoms with Crippen LogP contribution in [0, 0.1) is 22.7 Å². The molecule has 6 heteroatoms. The third-order valence-corrected chi connectivity index (χ3v) is 0. The second-order valence-corrected chi connectivity index (χ2v) is 1.49. The monoisotopic (exact) mass is 202 g/mol. The molecular formula is C8H14N2O4. The Morgan fingerprint density at radius 3 is 0.929 bits per heavy atom. The number of nitriles is 2. The summed E-state index contributed by atoms with van der Waals surface area (Å²) < 4.78 is 0. The maximum Gasteiger partial charge on any atom is 0.300 e. The number of aliphatic carboxylic acids is 2. The molecule has 0 aromatic rings. The molecular weight excluding hydrogens is 188 g/mol. The summed E-state index contributed by atoms with van der Waals surface area (Å²) in [5.74, 6) is -1.67.